The quantitative estimate of drug-likeness (QED) is 0.789. The van der Waals surface area contributed by atoms with E-state index in [9.17, 15) is 4.79 Å². The average molecular weight is 435 g/mol. The van der Waals surface area contributed by atoms with Crippen molar-refractivity contribution in [1.29, 1.82) is 0 Å². The van der Waals surface area contributed by atoms with E-state index in [0.29, 0.717) is 5.41 Å². The van der Waals surface area contributed by atoms with Crippen molar-refractivity contribution >= 4 is 42.1 Å². The number of hydrogen-bond donors (Lipinski definition) is 1. The third-order valence-corrected chi connectivity index (χ3v) is 7.29. The van der Waals surface area contributed by atoms with Crippen LogP contribution in [0.3, 0.4) is 0 Å². The topological polar surface area (TPSA) is 48.5 Å². The van der Waals surface area contributed by atoms with Crippen molar-refractivity contribution in [2.24, 2.45) is 5.41 Å². The third-order valence-electron chi connectivity index (χ3n) is 6.32. The van der Waals surface area contributed by atoms with Gasteiger partial charge in [0.05, 0.1) is 12.7 Å². The van der Waals surface area contributed by atoms with Gasteiger partial charge in [0.15, 0.2) is 0 Å². The summed E-state index contributed by atoms with van der Waals surface area (Å²) in [6, 6.07) is 0. The minimum Gasteiger partial charge on any atom is -0.338 e. The summed E-state index contributed by atoms with van der Waals surface area (Å²) in [6.45, 7) is 7.36. The fraction of sp³-hybridized carbons (Fsp3) is 0.789. The maximum atomic E-state index is 12.9. The van der Waals surface area contributed by atoms with Crippen LogP contribution >= 0.6 is 36.2 Å². The van der Waals surface area contributed by atoms with Crippen LogP contribution in [-0.4, -0.2) is 60.0 Å². The van der Waals surface area contributed by atoms with Crippen molar-refractivity contribution in [3.8, 4) is 0 Å². The lowest BCUT2D eigenvalue weighted by molar-refractivity contribution is 0.0755. The normalized spacial score (nSPS) is 22.7. The van der Waals surface area contributed by atoms with Crippen LogP contribution in [0.2, 0.25) is 0 Å². The Bertz CT molecular complexity index is 600. The lowest BCUT2D eigenvalue weighted by atomic mass is 9.73. The van der Waals surface area contributed by atoms with Gasteiger partial charge in [-0.05, 0) is 76.5 Å². The van der Waals surface area contributed by atoms with E-state index in [0.717, 1.165) is 49.0 Å². The van der Waals surface area contributed by atoms with Crippen molar-refractivity contribution in [2.45, 2.75) is 51.5 Å². The second kappa shape index (κ2) is 10.4. The summed E-state index contributed by atoms with van der Waals surface area (Å²) in [4.78, 5) is 22.8. The largest absolute Gasteiger partial charge is 0.338 e. The second-order valence-electron chi connectivity index (χ2n) is 8.00. The van der Waals surface area contributed by atoms with Gasteiger partial charge in [-0.2, -0.15) is 0 Å². The first kappa shape index (κ1) is 22.9. The van der Waals surface area contributed by atoms with E-state index in [-0.39, 0.29) is 30.7 Å². The maximum Gasteiger partial charge on any atom is 0.265 e. The van der Waals surface area contributed by atoms with Crippen molar-refractivity contribution in [3.63, 3.8) is 0 Å². The number of hydrogen-bond acceptors (Lipinski definition) is 5. The smallest absolute Gasteiger partial charge is 0.265 e. The molecule has 1 amide bonds. The lowest BCUT2D eigenvalue weighted by Gasteiger charge is -2.37. The molecular formula is C19H32Cl2N4OS. The molecule has 0 aromatic carbocycles. The lowest BCUT2D eigenvalue weighted by Crippen LogP contribution is -2.38. The van der Waals surface area contributed by atoms with Gasteiger partial charge in [-0.15, -0.1) is 36.2 Å². The highest BCUT2D eigenvalue weighted by Crippen LogP contribution is 2.39. The average Bonchev–Trinajstić information content (AvgIpc) is 3.27. The van der Waals surface area contributed by atoms with E-state index < -0.39 is 0 Å². The first-order chi connectivity index (χ1) is 12.2. The molecule has 0 atom stereocenters. The van der Waals surface area contributed by atoms with E-state index in [1.54, 1.807) is 11.3 Å². The summed E-state index contributed by atoms with van der Waals surface area (Å²) < 4.78 is 0. The number of piperidine rings is 1. The molecule has 3 aliphatic rings. The van der Waals surface area contributed by atoms with E-state index in [2.05, 4.69) is 20.1 Å². The fourth-order valence-corrected chi connectivity index (χ4v) is 5.61. The maximum absolute atomic E-state index is 12.9. The van der Waals surface area contributed by atoms with Gasteiger partial charge in [-0.25, -0.2) is 4.98 Å². The molecule has 3 saturated heterocycles. The molecular weight excluding hydrogens is 403 g/mol. The summed E-state index contributed by atoms with van der Waals surface area (Å²) in [6.07, 6.45) is 10.5. The number of nitrogens with one attached hydrogen (secondary N) is 1. The number of halogens is 2. The molecule has 1 aromatic rings. The molecule has 0 radical (unpaired) electrons. The SMILES string of the molecule is Cl.Cl.O=C(c1cnc(CN2CCCC2)s1)N1CCCC2(CCNCC2)CC1. The molecule has 27 heavy (non-hydrogen) atoms. The Kier molecular flexibility index (Phi) is 8.81. The van der Waals surface area contributed by atoms with Gasteiger partial charge >= 0.3 is 0 Å². The van der Waals surface area contributed by atoms with Crippen molar-refractivity contribution < 1.29 is 4.79 Å². The van der Waals surface area contributed by atoms with Gasteiger partial charge < -0.3 is 10.2 Å². The second-order valence-corrected chi connectivity index (χ2v) is 9.11. The molecule has 0 bridgehead atoms. The zero-order valence-corrected chi connectivity index (χ0v) is 18.4. The monoisotopic (exact) mass is 434 g/mol. The van der Waals surface area contributed by atoms with Crippen LogP contribution in [0.5, 0.6) is 0 Å². The van der Waals surface area contributed by atoms with Crippen LogP contribution in [-0.2, 0) is 6.54 Å². The van der Waals surface area contributed by atoms with Gasteiger partial charge in [0, 0.05) is 13.1 Å². The Balaban J connectivity index is 0.00000131. The molecule has 4 rings (SSSR count). The molecule has 1 N–H and O–H groups in total. The Morgan fingerprint density at radius 1 is 1.04 bits per heavy atom. The Hall–Kier alpha value is -0.400. The highest BCUT2D eigenvalue weighted by molar-refractivity contribution is 7.13. The molecule has 3 fully saturated rings. The Morgan fingerprint density at radius 2 is 1.78 bits per heavy atom. The molecule has 154 valence electrons. The Morgan fingerprint density at radius 3 is 2.52 bits per heavy atom. The van der Waals surface area contributed by atoms with Crippen molar-refractivity contribution in [2.75, 3.05) is 39.3 Å². The molecule has 4 heterocycles. The summed E-state index contributed by atoms with van der Waals surface area (Å²) in [7, 11) is 0. The number of rotatable bonds is 3. The van der Waals surface area contributed by atoms with Gasteiger partial charge in [-0.3, -0.25) is 9.69 Å². The minimum atomic E-state index is 0. The summed E-state index contributed by atoms with van der Waals surface area (Å²) in [5, 5.41) is 4.57. The van der Waals surface area contributed by atoms with E-state index in [1.165, 1.54) is 51.6 Å². The third kappa shape index (κ3) is 5.57. The highest BCUT2D eigenvalue weighted by atomic mass is 35.5. The number of carbonyl (C=O) groups excluding carboxylic acids is 1. The van der Waals surface area contributed by atoms with Crippen LogP contribution in [0.4, 0.5) is 0 Å². The van der Waals surface area contributed by atoms with E-state index in [4.69, 9.17) is 0 Å². The molecule has 0 saturated carbocycles. The molecule has 5 nitrogen and oxygen atoms in total. The Labute approximate surface area is 179 Å². The standard InChI is InChI=1S/C19H30N4OS.2ClH/c24-18(16-14-21-17(25-16)15-22-10-1-2-11-22)23-12-3-4-19(7-13-23)5-8-20-9-6-19;;/h14,20H,1-13,15H2;2*1H. The first-order valence-electron chi connectivity index (χ1n) is 9.91. The molecule has 8 heteroatoms. The predicted octanol–water partition coefficient (Wildman–Crippen LogP) is 3.58. The van der Waals surface area contributed by atoms with Gasteiger partial charge in [0.1, 0.15) is 9.88 Å². The number of amides is 1. The van der Waals surface area contributed by atoms with E-state index in [1.807, 2.05) is 6.20 Å². The van der Waals surface area contributed by atoms with Crippen LogP contribution in [0.15, 0.2) is 6.20 Å². The number of nitrogens with zero attached hydrogens (tertiary/aromatic N) is 3. The fourth-order valence-electron chi connectivity index (χ4n) is 4.68. The number of carbonyl (C=O) groups is 1. The van der Waals surface area contributed by atoms with Gasteiger partial charge in [0.25, 0.3) is 5.91 Å². The minimum absolute atomic E-state index is 0. The van der Waals surface area contributed by atoms with Crippen LogP contribution in [0.25, 0.3) is 0 Å². The van der Waals surface area contributed by atoms with E-state index >= 15 is 0 Å². The van der Waals surface area contributed by atoms with Gasteiger partial charge in [-0.1, -0.05) is 0 Å². The predicted molar refractivity (Wildman–Crippen MR) is 115 cm³/mol. The molecule has 3 aliphatic heterocycles. The highest BCUT2D eigenvalue weighted by Gasteiger charge is 2.35. The zero-order chi connectivity index (χ0) is 17.1. The van der Waals surface area contributed by atoms with Crippen LogP contribution < -0.4 is 5.32 Å². The summed E-state index contributed by atoms with van der Waals surface area (Å²) in [5.41, 5.74) is 0.481. The molecule has 1 aromatic heterocycles. The van der Waals surface area contributed by atoms with Crippen LogP contribution in [0.1, 0.15) is 59.6 Å². The molecule has 0 aliphatic carbocycles. The number of likely N-dealkylation sites (tertiary alicyclic amines) is 2. The van der Waals surface area contributed by atoms with Crippen LogP contribution in [0, 0.1) is 5.41 Å². The number of thiazole rings is 1. The number of aromatic nitrogens is 1. The molecule has 0 unspecified atom stereocenters. The van der Waals surface area contributed by atoms with Gasteiger partial charge in [0.2, 0.25) is 0 Å². The molecule has 1 spiro atoms. The zero-order valence-electron chi connectivity index (χ0n) is 16.0. The summed E-state index contributed by atoms with van der Waals surface area (Å²) >= 11 is 1.60. The first-order valence-corrected chi connectivity index (χ1v) is 10.7. The van der Waals surface area contributed by atoms with Crippen molar-refractivity contribution in [1.82, 2.24) is 20.1 Å². The van der Waals surface area contributed by atoms with Crippen molar-refractivity contribution in [3.05, 3.63) is 16.1 Å². The summed E-state index contributed by atoms with van der Waals surface area (Å²) in [5.74, 6) is 0.205.